The van der Waals surface area contributed by atoms with Crippen molar-refractivity contribution in [1.82, 2.24) is 16.0 Å². The van der Waals surface area contributed by atoms with E-state index in [4.69, 9.17) is 9.47 Å². The minimum Gasteiger partial charge on any atom is -0.461 e. The summed E-state index contributed by atoms with van der Waals surface area (Å²) in [6, 6.07) is 19.3. The van der Waals surface area contributed by atoms with Crippen molar-refractivity contribution in [3.05, 3.63) is 104 Å². The lowest BCUT2D eigenvalue weighted by molar-refractivity contribution is -0.148. The molecule has 1 aliphatic rings. The number of carbonyl (C=O) groups excluding carboxylic acids is 5. The second-order valence-electron chi connectivity index (χ2n) is 12.6. The largest absolute Gasteiger partial charge is 0.461 e. The average molecular weight is 699 g/mol. The topological polar surface area (TPSA) is 172 Å². The summed E-state index contributed by atoms with van der Waals surface area (Å²) in [6.45, 7) is 6.55. The van der Waals surface area contributed by atoms with E-state index >= 15 is 0 Å². The van der Waals surface area contributed by atoms with E-state index < -0.39 is 59.9 Å². The molecule has 0 saturated heterocycles. The predicted octanol–water partition coefficient (Wildman–Crippen LogP) is 4.68. The number of nitrogens with one attached hydrogen (secondary N) is 4. The minimum absolute atomic E-state index is 0.00539. The Morgan fingerprint density at radius 3 is 2.18 bits per heavy atom. The van der Waals surface area contributed by atoms with Gasteiger partial charge < -0.3 is 35.8 Å². The molecule has 12 heteroatoms. The van der Waals surface area contributed by atoms with Gasteiger partial charge in [-0.3, -0.25) is 14.4 Å². The van der Waals surface area contributed by atoms with E-state index in [1.54, 1.807) is 36.4 Å². The van der Waals surface area contributed by atoms with Gasteiger partial charge in [0.15, 0.2) is 0 Å². The van der Waals surface area contributed by atoms with Crippen molar-refractivity contribution in [2.24, 2.45) is 5.92 Å². The second-order valence-corrected chi connectivity index (χ2v) is 12.6. The number of anilines is 1. The van der Waals surface area contributed by atoms with Crippen LogP contribution in [0.4, 0.5) is 10.5 Å². The van der Waals surface area contributed by atoms with Crippen molar-refractivity contribution in [2.45, 2.75) is 69.2 Å². The van der Waals surface area contributed by atoms with Crippen LogP contribution in [0.5, 0.6) is 0 Å². The monoisotopic (exact) mass is 698 g/mol. The van der Waals surface area contributed by atoms with Crippen molar-refractivity contribution in [3.63, 3.8) is 0 Å². The number of carbonyl (C=O) groups is 5. The Morgan fingerprint density at radius 2 is 1.49 bits per heavy atom. The van der Waals surface area contributed by atoms with Crippen LogP contribution in [0.1, 0.15) is 50.5 Å². The van der Waals surface area contributed by atoms with Crippen LogP contribution in [0, 0.1) is 5.92 Å². The molecule has 4 amide bonds. The molecule has 0 aromatic heterocycles. The van der Waals surface area contributed by atoms with Crippen molar-refractivity contribution in [3.8, 4) is 0 Å². The lowest BCUT2D eigenvalue weighted by Crippen LogP contribution is -2.52. The number of esters is 1. The van der Waals surface area contributed by atoms with Gasteiger partial charge in [0.1, 0.15) is 25.3 Å². The number of alkyl carbamates (subject to hydrolysis) is 1. The summed E-state index contributed by atoms with van der Waals surface area (Å²) in [4.78, 5) is 66.0. The Hall–Kier alpha value is -5.49. The third-order valence-corrected chi connectivity index (χ3v) is 8.76. The average Bonchev–Trinajstić information content (AvgIpc) is 3.60. The van der Waals surface area contributed by atoms with Gasteiger partial charge in [-0.25, -0.2) is 9.59 Å². The van der Waals surface area contributed by atoms with Gasteiger partial charge in [-0.05, 0) is 54.2 Å². The maximum atomic E-state index is 13.7. The van der Waals surface area contributed by atoms with Gasteiger partial charge >= 0.3 is 12.1 Å². The summed E-state index contributed by atoms with van der Waals surface area (Å²) in [5.74, 6) is -3.49. The first-order valence-electron chi connectivity index (χ1n) is 17.0. The number of hydrogen-bond donors (Lipinski definition) is 5. The maximum Gasteiger partial charge on any atom is 0.408 e. The molecule has 0 heterocycles. The molecule has 0 spiro atoms. The molecular formula is C39H46N4O8. The molecule has 1 aliphatic carbocycles. The summed E-state index contributed by atoms with van der Waals surface area (Å²) in [5, 5.41) is 22.6. The number of amides is 4. The van der Waals surface area contributed by atoms with Crippen LogP contribution in [0.3, 0.4) is 0 Å². The van der Waals surface area contributed by atoms with E-state index in [1.807, 2.05) is 36.4 Å². The number of benzene rings is 3. The van der Waals surface area contributed by atoms with Crippen LogP contribution in [-0.4, -0.2) is 65.7 Å². The first-order valence-corrected chi connectivity index (χ1v) is 17.0. The van der Waals surface area contributed by atoms with Gasteiger partial charge in [0.25, 0.3) is 5.91 Å². The number of rotatable bonds is 18. The standard InChI is InChI=1S/C39H46N4O8/c1-3-12-30(23-34(45)43-39(26-44)20-10-11-21-39)35(46)41-33(36(47)40-31-19-18-28-16-8-9-17-29(28)22-31)25-50-37(48)32(13-4-2)42-38(49)51-24-27-14-6-5-7-15-27/h3-9,14-19,22,30,32-33,44H,1-2,10-13,20-21,23-26H2,(H,40,47)(H,41,46)(H,42,49)(H,43,45)/t30-,32+,33-/m0/s1. The van der Waals surface area contributed by atoms with Gasteiger partial charge in [-0.1, -0.05) is 85.7 Å². The molecule has 0 aliphatic heterocycles. The van der Waals surface area contributed by atoms with Crippen molar-refractivity contribution in [2.75, 3.05) is 18.5 Å². The molecule has 3 aromatic rings. The van der Waals surface area contributed by atoms with Gasteiger partial charge in [-0.2, -0.15) is 0 Å². The fourth-order valence-electron chi connectivity index (χ4n) is 5.95. The smallest absolute Gasteiger partial charge is 0.408 e. The molecule has 270 valence electrons. The van der Waals surface area contributed by atoms with Crippen LogP contribution in [-0.2, 0) is 35.3 Å². The van der Waals surface area contributed by atoms with Crippen molar-refractivity contribution in [1.29, 1.82) is 0 Å². The molecule has 51 heavy (non-hydrogen) atoms. The zero-order valence-corrected chi connectivity index (χ0v) is 28.6. The highest BCUT2D eigenvalue weighted by molar-refractivity contribution is 6.00. The summed E-state index contributed by atoms with van der Waals surface area (Å²) >= 11 is 0. The summed E-state index contributed by atoms with van der Waals surface area (Å²) in [7, 11) is 0. The highest BCUT2D eigenvalue weighted by Gasteiger charge is 2.36. The third kappa shape index (κ3) is 11.5. The second kappa shape index (κ2) is 19.0. The molecule has 5 N–H and O–H groups in total. The highest BCUT2D eigenvalue weighted by Crippen LogP contribution is 2.29. The number of aliphatic hydroxyl groups excluding tert-OH is 1. The molecule has 3 atom stereocenters. The molecule has 3 aromatic carbocycles. The third-order valence-electron chi connectivity index (χ3n) is 8.76. The van der Waals surface area contributed by atoms with E-state index in [-0.39, 0.29) is 32.5 Å². The first-order chi connectivity index (χ1) is 24.6. The molecule has 0 unspecified atom stereocenters. The zero-order valence-electron chi connectivity index (χ0n) is 28.6. The lowest BCUT2D eigenvalue weighted by Gasteiger charge is -2.29. The molecule has 0 radical (unpaired) electrons. The Morgan fingerprint density at radius 1 is 0.804 bits per heavy atom. The summed E-state index contributed by atoms with van der Waals surface area (Å²) in [6.07, 6.45) is 5.03. The number of hydrogen-bond acceptors (Lipinski definition) is 8. The summed E-state index contributed by atoms with van der Waals surface area (Å²) in [5.41, 5.74) is 0.488. The number of fused-ring (bicyclic) bond motifs is 1. The zero-order chi connectivity index (χ0) is 36.6. The van der Waals surface area contributed by atoms with Crippen LogP contribution in [0.2, 0.25) is 0 Å². The maximum absolute atomic E-state index is 13.7. The van der Waals surface area contributed by atoms with Crippen LogP contribution in [0.15, 0.2) is 98.1 Å². The normalized spacial score (nSPS) is 15.0. The predicted molar refractivity (Wildman–Crippen MR) is 193 cm³/mol. The van der Waals surface area contributed by atoms with E-state index in [2.05, 4.69) is 34.4 Å². The molecule has 1 fully saturated rings. The van der Waals surface area contributed by atoms with Crippen molar-refractivity contribution >= 4 is 46.2 Å². The number of ether oxygens (including phenoxy) is 2. The van der Waals surface area contributed by atoms with Gasteiger partial charge in [-0.15, -0.1) is 13.2 Å². The van der Waals surface area contributed by atoms with Gasteiger partial charge in [0.05, 0.1) is 18.1 Å². The molecule has 1 saturated carbocycles. The fourth-order valence-corrected chi connectivity index (χ4v) is 5.95. The van der Waals surface area contributed by atoms with E-state index in [0.717, 1.165) is 29.2 Å². The molecule has 4 rings (SSSR count). The minimum atomic E-state index is -1.38. The molecule has 0 bridgehead atoms. The first kappa shape index (κ1) is 38.3. The molecular weight excluding hydrogens is 652 g/mol. The number of allylic oxidation sites excluding steroid dienone is 1. The quantitative estimate of drug-likeness (QED) is 0.0942. The Labute approximate surface area is 297 Å². The van der Waals surface area contributed by atoms with Crippen LogP contribution < -0.4 is 21.3 Å². The van der Waals surface area contributed by atoms with E-state index in [0.29, 0.717) is 18.5 Å². The lowest BCUT2D eigenvalue weighted by atomic mass is 9.95. The van der Waals surface area contributed by atoms with Gasteiger partial charge in [0, 0.05) is 12.1 Å². The van der Waals surface area contributed by atoms with E-state index in [1.165, 1.54) is 12.2 Å². The Bertz CT molecular complexity index is 1690. The Kier molecular flexibility index (Phi) is 14.3. The van der Waals surface area contributed by atoms with Crippen molar-refractivity contribution < 1.29 is 38.6 Å². The highest BCUT2D eigenvalue weighted by atomic mass is 16.6. The fraction of sp³-hybridized carbons (Fsp3) is 0.359. The molecule has 12 nitrogen and oxygen atoms in total. The summed E-state index contributed by atoms with van der Waals surface area (Å²) < 4.78 is 10.7. The van der Waals surface area contributed by atoms with Gasteiger partial charge in [0.2, 0.25) is 11.8 Å². The SMILES string of the molecule is C=CC[C@@H](CC(=O)NC1(CO)CCCC1)C(=O)N[C@@H](COC(=O)[C@@H](CC=C)NC(=O)OCc1ccccc1)C(=O)Nc1ccc2ccccc2c1. The Balaban J connectivity index is 1.45. The van der Waals surface area contributed by atoms with E-state index in [9.17, 15) is 29.1 Å². The van der Waals surface area contributed by atoms with Crippen LogP contribution >= 0.6 is 0 Å². The van der Waals surface area contributed by atoms with Crippen LogP contribution in [0.25, 0.3) is 10.8 Å². The number of aliphatic hydroxyl groups is 1.